The molecule has 18 heavy (non-hydrogen) atoms. The van der Waals surface area contributed by atoms with E-state index in [1.165, 1.54) is 44.3 Å². The van der Waals surface area contributed by atoms with E-state index in [-0.39, 0.29) is 0 Å². The van der Waals surface area contributed by atoms with Gasteiger partial charge in [-0.3, -0.25) is 4.90 Å². The van der Waals surface area contributed by atoms with E-state index in [0.717, 1.165) is 12.1 Å². The van der Waals surface area contributed by atoms with E-state index >= 15 is 0 Å². The van der Waals surface area contributed by atoms with Crippen LogP contribution in [0.4, 0.5) is 0 Å². The first-order chi connectivity index (χ1) is 8.80. The molecular formula is C16H24N2. The van der Waals surface area contributed by atoms with Crippen molar-refractivity contribution >= 4 is 0 Å². The molecule has 0 radical (unpaired) electrons. The van der Waals surface area contributed by atoms with Gasteiger partial charge in [0.15, 0.2) is 0 Å². The SMILES string of the molecule is CCCCN(CCCC)Cc1ccc(C#N)cc1. The van der Waals surface area contributed by atoms with Crippen molar-refractivity contribution in [2.24, 2.45) is 0 Å². The summed E-state index contributed by atoms with van der Waals surface area (Å²) in [6.07, 6.45) is 5.02. The molecule has 1 aromatic rings. The van der Waals surface area contributed by atoms with Crippen molar-refractivity contribution < 1.29 is 0 Å². The van der Waals surface area contributed by atoms with E-state index in [0.29, 0.717) is 0 Å². The maximum Gasteiger partial charge on any atom is 0.0991 e. The molecule has 98 valence electrons. The lowest BCUT2D eigenvalue weighted by Gasteiger charge is -2.22. The maximum atomic E-state index is 8.78. The van der Waals surface area contributed by atoms with Crippen LogP contribution in [0.3, 0.4) is 0 Å². The number of benzene rings is 1. The molecule has 2 nitrogen and oxygen atoms in total. The van der Waals surface area contributed by atoms with Crippen molar-refractivity contribution in [2.45, 2.75) is 46.1 Å². The summed E-state index contributed by atoms with van der Waals surface area (Å²) >= 11 is 0. The molecule has 1 rings (SSSR count). The molecule has 0 aliphatic rings. The molecule has 1 aromatic carbocycles. The van der Waals surface area contributed by atoms with Crippen LogP contribution in [-0.2, 0) is 6.54 Å². The Labute approximate surface area is 111 Å². The molecule has 0 saturated heterocycles. The Hall–Kier alpha value is -1.33. The summed E-state index contributed by atoms with van der Waals surface area (Å²) in [5, 5.41) is 8.78. The zero-order chi connectivity index (χ0) is 13.2. The molecule has 0 aromatic heterocycles. The van der Waals surface area contributed by atoms with Crippen LogP contribution in [0.1, 0.15) is 50.7 Å². The highest BCUT2D eigenvalue weighted by Crippen LogP contribution is 2.09. The maximum absolute atomic E-state index is 8.78. The topological polar surface area (TPSA) is 27.0 Å². The molecule has 0 aliphatic carbocycles. The van der Waals surface area contributed by atoms with Crippen LogP contribution in [0.2, 0.25) is 0 Å². The van der Waals surface area contributed by atoms with Gasteiger partial charge in [0.25, 0.3) is 0 Å². The first kappa shape index (κ1) is 14.7. The van der Waals surface area contributed by atoms with Crippen molar-refractivity contribution in [3.63, 3.8) is 0 Å². The van der Waals surface area contributed by atoms with Crippen LogP contribution in [0.25, 0.3) is 0 Å². The van der Waals surface area contributed by atoms with Gasteiger partial charge in [-0.05, 0) is 43.6 Å². The van der Waals surface area contributed by atoms with Gasteiger partial charge in [-0.1, -0.05) is 38.8 Å². The normalized spacial score (nSPS) is 10.6. The molecule has 0 aliphatic heterocycles. The largest absolute Gasteiger partial charge is 0.299 e. The van der Waals surface area contributed by atoms with Crippen LogP contribution < -0.4 is 0 Å². The average molecular weight is 244 g/mol. The monoisotopic (exact) mass is 244 g/mol. The summed E-state index contributed by atoms with van der Waals surface area (Å²) in [4.78, 5) is 2.52. The van der Waals surface area contributed by atoms with Crippen LogP contribution in [0.15, 0.2) is 24.3 Å². The van der Waals surface area contributed by atoms with Crippen molar-refractivity contribution in [1.29, 1.82) is 5.26 Å². The van der Waals surface area contributed by atoms with Crippen LogP contribution in [-0.4, -0.2) is 18.0 Å². The molecule has 0 unspecified atom stereocenters. The molecule has 0 fully saturated rings. The Balaban J connectivity index is 2.54. The van der Waals surface area contributed by atoms with Gasteiger partial charge in [0.05, 0.1) is 11.6 Å². The number of rotatable bonds is 8. The van der Waals surface area contributed by atoms with E-state index in [1.54, 1.807) is 0 Å². The van der Waals surface area contributed by atoms with Gasteiger partial charge in [0, 0.05) is 6.54 Å². The van der Waals surface area contributed by atoms with E-state index in [2.05, 4.69) is 36.9 Å². The third kappa shape index (κ3) is 5.33. The fourth-order valence-electron chi connectivity index (χ4n) is 1.98. The van der Waals surface area contributed by atoms with E-state index in [1.807, 2.05) is 12.1 Å². The highest BCUT2D eigenvalue weighted by atomic mass is 15.1. The lowest BCUT2D eigenvalue weighted by molar-refractivity contribution is 0.257. The second kappa shape index (κ2) is 8.72. The van der Waals surface area contributed by atoms with Gasteiger partial charge in [-0.25, -0.2) is 0 Å². The summed E-state index contributed by atoms with van der Waals surface area (Å²) < 4.78 is 0. The molecule has 0 heterocycles. The molecule has 2 heteroatoms. The van der Waals surface area contributed by atoms with Gasteiger partial charge < -0.3 is 0 Å². The first-order valence-electron chi connectivity index (χ1n) is 7.01. The summed E-state index contributed by atoms with van der Waals surface area (Å²) in [7, 11) is 0. The Morgan fingerprint density at radius 2 is 1.56 bits per heavy atom. The molecular weight excluding hydrogens is 220 g/mol. The highest BCUT2D eigenvalue weighted by Gasteiger charge is 2.05. The summed E-state index contributed by atoms with van der Waals surface area (Å²) in [6, 6.07) is 10.1. The van der Waals surface area contributed by atoms with Gasteiger partial charge in [0.2, 0.25) is 0 Å². The van der Waals surface area contributed by atoms with Gasteiger partial charge >= 0.3 is 0 Å². The Kier molecular flexibility index (Phi) is 7.13. The molecule has 0 saturated carbocycles. The van der Waals surface area contributed by atoms with Crippen LogP contribution >= 0.6 is 0 Å². The van der Waals surface area contributed by atoms with Crippen molar-refractivity contribution in [2.75, 3.05) is 13.1 Å². The van der Waals surface area contributed by atoms with Crippen LogP contribution in [0.5, 0.6) is 0 Å². The Bertz CT molecular complexity index is 354. The zero-order valence-electron chi connectivity index (χ0n) is 11.7. The smallest absolute Gasteiger partial charge is 0.0991 e. The number of nitrogens with zero attached hydrogens (tertiary/aromatic N) is 2. The third-order valence-electron chi connectivity index (χ3n) is 3.15. The fraction of sp³-hybridized carbons (Fsp3) is 0.562. The summed E-state index contributed by atoms with van der Waals surface area (Å²) in [5.74, 6) is 0. The van der Waals surface area contributed by atoms with Crippen LogP contribution in [0, 0.1) is 11.3 Å². The van der Waals surface area contributed by atoms with Crippen molar-refractivity contribution in [3.8, 4) is 6.07 Å². The van der Waals surface area contributed by atoms with Gasteiger partial charge in [0.1, 0.15) is 0 Å². The minimum absolute atomic E-state index is 0.743. The molecule has 0 amide bonds. The quantitative estimate of drug-likeness (QED) is 0.692. The highest BCUT2D eigenvalue weighted by molar-refractivity contribution is 5.31. The third-order valence-corrected chi connectivity index (χ3v) is 3.15. The van der Waals surface area contributed by atoms with Gasteiger partial charge in [-0.15, -0.1) is 0 Å². The van der Waals surface area contributed by atoms with Crippen molar-refractivity contribution in [3.05, 3.63) is 35.4 Å². The van der Waals surface area contributed by atoms with Gasteiger partial charge in [-0.2, -0.15) is 5.26 Å². The fourth-order valence-corrected chi connectivity index (χ4v) is 1.98. The zero-order valence-corrected chi connectivity index (χ0v) is 11.7. The van der Waals surface area contributed by atoms with E-state index in [4.69, 9.17) is 5.26 Å². The lowest BCUT2D eigenvalue weighted by atomic mass is 10.1. The second-order valence-corrected chi connectivity index (χ2v) is 4.79. The molecule has 0 spiro atoms. The first-order valence-corrected chi connectivity index (χ1v) is 7.01. The lowest BCUT2D eigenvalue weighted by Crippen LogP contribution is -2.25. The number of unbranched alkanes of at least 4 members (excludes halogenated alkanes) is 2. The standard InChI is InChI=1S/C16H24N2/c1-3-5-11-18(12-6-4-2)14-16-9-7-15(13-17)8-10-16/h7-10H,3-6,11-12,14H2,1-2H3. The number of nitriles is 1. The second-order valence-electron chi connectivity index (χ2n) is 4.79. The molecule has 0 N–H and O–H groups in total. The van der Waals surface area contributed by atoms with Crippen molar-refractivity contribution in [1.82, 2.24) is 4.90 Å². The predicted octanol–water partition coefficient (Wildman–Crippen LogP) is 3.96. The minimum Gasteiger partial charge on any atom is -0.299 e. The number of hydrogen-bond donors (Lipinski definition) is 0. The number of hydrogen-bond acceptors (Lipinski definition) is 2. The summed E-state index contributed by atoms with van der Waals surface area (Å²) in [6.45, 7) is 7.83. The van der Waals surface area contributed by atoms with E-state index < -0.39 is 0 Å². The average Bonchev–Trinajstić information content (AvgIpc) is 2.42. The summed E-state index contributed by atoms with van der Waals surface area (Å²) in [5.41, 5.74) is 2.05. The minimum atomic E-state index is 0.743. The molecule has 0 atom stereocenters. The Morgan fingerprint density at radius 3 is 2.00 bits per heavy atom. The predicted molar refractivity (Wildman–Crippen MR) is 76.3 cm³/mol. The van der Waals surface area contributed by atoms with E-state index in [9.17, 15) is 0 Å². The Morgan fingerprint density at radius 1 is 1.00 bits per heavy atom. The molecule has 0 bridgehead atoms.